The molecule has 0 radical (unpaired) electrons. The first-order chi connectivity index (χ1) is 9.41. The van der Waals surface area contributed by atoms with Gasteiger partial charge in [0.25, 0.3) is 0 Å². The monoisotopic (exact) mass is 280 g/mol. The second-order valence-electron chi connectivity index (χ2n) is 5.34. The van der Waals surface area contributed by atoms with E-state index in [2.05, 4.69) is 0 Å². The lowest BCUT2D eigenvalue weighted by Gasteiger charge is -2.36. The van der Waals surface area contributed by atoms with Crippen molar-refractivity contribution in [1.82, 2.24) is 4.90 Å². The SMILES string of the molecule is CCC(CC)(CN)C(=O)N(C)C(C)c1ccc(F)cc1. The fourth-order valence-corrected chi connectivity index (χ4v) is 2.44. The number of hydrogen-bond donors (Lipinski definition) is 1. The first kappa shape index (κ1) is 16.6. The van der Waals surface area contributed by atoms with E-state index in [1.54, 1.807) is 24.1 Å². The number of carbonyl (C=O) groups is 1. The molecule has 0 bridgehead atoms. The van der Waals surface area contributed by atoms with E-state index in [9.17, 15) is 9.18 Å². The van der Waals surface area contributed by atoms with Crippen LogP contribution in [0.1, 0.15) is 45.2 Å². The smallest absolute Gasteiger partial charge is 0.230 e. The molecule has 0 heterocycles. The molecule has 0 fully saturated rings. The van der Waals surface area contributed by atoms with Crippen LogP contribution < -0.4 is 5.73 Å². The maximum absolute atomic E-state index is 13.0. The molecule has 4 heteroatoms. The van der Waals surface area contributed by atoms with Crippen LogP contribution in [0, 0.1) is 11.2 Å². The molecule has 20 heavy (non-hydrogen) atoms. The van der Waals surface area contributed by atoms with Crippen LogP contribution in [0.15, 0.2) is 24.3 Å². The van der Waals surface area contributed by atoms with Gasteiger partial charge in [-0.1, -0.05) is 26.0 Å². The first-order valence-corrected chi connectivity index (χ1v) is 7.14. The minimum Gasteiger partial charge on any atom is -0.338 e. The normalized spacial score (nSPS) is 13.1. The Kier molecular flexibility index (Phi) is 5.69. The average Bonchev–Trinajstić information content (AvgIpc) is 2.48. The number of nitrogens with two attached hydrogens (primary N) is 1. The molecule has 1 atom stereocenters. The average molecular weight is 280 g/mol. The van der Waals surface area contributed by atoms with Gasteiger partial charge in [-0.2, -0.15) is 0 Å². The van der Waals surface area contributed by atoms with Crippen molar-refractivity contribution >= 4 is 5.91 Å². The predicted molar refractivity (Wildman–Crippen MR) is 79.7 cm³/mol. The van der Waals surface area contributed by atoms with Crippen molar-refractivity contribution in [2.75, 3.05) is 13.6 Å². The topological polar surface area (TPSA) is 46.3 Å². The van der Waals surface area contributed by atoms with E-state index in [1.165, 1.54) is 12.1 Å². The van der Waals surface area contributed by atoms with Gasteiger partial charge in [-0.3, -0.25) is 4.79 Å². The molecule has 1 aromatic carbocycles. The zero-order valence-corrected chi connectivity index (χ0v) is 12.8. The summed E-state index contributed by atoms with van der Waals surface area (Å²) >= 11 is 0. The van der Waals surface area contributed by atoms with Crippen molar-refractivity contribution in [1.29, 1.82) is 0 Å². The number of halogens is 1. The third-order valence-corrected chi connectivity index (χ3v) is 4.45. The van der Waals surface area contributed by atoms with Crippen LogP contribution in [0.4, 0.5) is 4.39 Å². The second kappa shape index (κ2) is 6.84. The summed E-state index contributed by atoms with van der Waals surface area (Å²) in [6.07, 6.45) is 1.44. The molecule has 1 unspecified atom stereocenters. The Morgan fingerprint density at radius 3 is 2.20 bits per heavy atom. The predicted octanol–water partition coefficient (Wildman–Crippen LogP) is 3.11. The zero-order chi connectivity index (χ0) is 15.3. The van der Waals surface area contributed by atoms with E-state index in [0.29, 0.717) is 6.54 Å². The van der Waals surface area contributed by atoms with Crippen molar-refractivity contribution in [3.63, 3.8) is 0 Å². The van der Waals surface area contributed by atoms with Gasteiger partial charge in [-0.15, -0.1) is 0 Å². The molecule has 0 aliphatic heterocycles. The molecule has 1 aromatic rings. The number of nitrogens with zero attached hydrogens (tertiary/aromatic N) is 1. The highest BCUT2D eigenvalue weighted by Crippen LogP contribution is 2.31. The highest BCUT2D eigenvalue weighted by Gasteiger charge is 2.37. The minimum absolute atomic E-state index is 0.0572. The molecule has 1 amide bonds. The first-order valence-electron chi connectivity index (χ1n) is 7.14. The minimum atomic E-state index is -0.497. The van der Waals surface area contributed by atoms with Crippen LogP contribution in [-0.4, -0.2) is 24.4 Å². The zero-order valence-electron chi connectivity index (χ0n) is 12.8. The molecule has 0 aliphatic carbocycles. The van der Waals surface area contributed by atoms with Gasteiger partial charge in [0.1, 0.15) is 5.82 Å². The Hall–Kier alpha value is -1.42. The van der Waals surface area contributed by atoms with Crippen molar-refractivity contribution in [2.24, 2.45) is 11.1 Å². The van der Waals surface area contributed by atoms with Gasteiger partial charge in [-0.05, 0) is 37.5 Å². The summed E-state index contributed by atoms with van der Waals surface area (Å²) in [5.41, 5.74) is 6.25. The standard InChI is InChI=1S/C16H25FN2O/c1-5-16(6-2,11-18)15(20)19(4)12(3)13-7-9-14(17)10-8-13/h7-10,12H,5-6,11,18H2,1-4H3. The second-order valence-corrected chi connectivity index (χ2v) is 5.34. The summed E-state index contributed by atoms with van der Waals surface area (Å²) in [6, 6.07) is 6.16. The molecule has 0 spiro atoms. The number of rotatable bonds is 6. The van der Waals surface area contributed by atoms with Crippen LogP contribution in [0.5, 0.6) is 0 Å². The van der Waals surface area contributed by atoms with Gasteiger partial charge in [0.2, 0.25) is 5.91 Å². The molecule has 0 aromatic heterocycles. The van der Waals surface area contributed by atoms with Gasteiger partial charge in [0.15, 0.2) is 0 Å². The van der Waals surface area contributed by atoms with E-state index in [1.807, 2.05) is 20.8 Å². The highest BCUT2D eigenvalue weighted by atomic mass is 19.1. The van der Waals surface area contributed by atoms with Crippen molar-refractivity contribution in [2.45, 2.75) is 39.7 Å². The maximum Gasteiger partial charge on any atom is 0.230 e. The van der Waals surface area contributed by atoms with Gasteiger partial charge < -0.3 is 10.6 Å². The number of carbonyl (C=O) groups excluding carboxylic acids is 1. The summed E-state index contributed by atoms with van der Waals surface area (Å²) in [5, 5.41) is 0. The van der Waals surface area contributed by atoms with Crippen molar-refractivity contribution in [3.05, 3.63) is 35.6 Å². The van der Waals surface area contributed by atoms with Gasteiger partial charge in [0.05, 0.1) is 11.5 Å². The van der Waals surface area contributed by atoms with Crippen LogP contribution in [-0.2, 0) is 4.79 Å². The third-order valence-electron chi connectivity index (χ3n) is 4.45. The highest BCUT2D eigenvalue weighted by molar-refractivity contribution is 5.83. The van der Waals surface area contributed by atoms with Crippen LogP contribution in [0.25, 0.3) is 0 Å². The Balaban J connectivity index is 2.95. The molecule has 112 valence electrons. The summed E-state index contributed by atoms with van der Waals surface area (Å²) < 4.78 is 13.0. The summed E-state index contributed by atoms with van der Waals surface area (Å²) in [4.78, 5) is 14.4. The molecule has 2 N–H and O–H groups in total. The largest absolute Gasteiger partial charge is 0.338 e. The lowest BCUT2D eigenvalue weighted by Crippen LogP contribution is -2.46. The maximum atomic E-state index is 13.0. The molecule has 1 rings (SSSR count). The van der Waals surface area contributed by atoms with Gasteiger partial charge >= 0.3 is 0 Å². The Morgan fingerprint density at radius 2 is 1.80 bits per heavy atom. The molecule has 0 saturated carbocycles. The van der Waals surface area contributed by atoms with Crippen molar-refractivity contribution < 1.29 is 9.18 Å². The van der Waals surface area contributed by atoms with Crippen LogP contribution in [0.3, 0.4) is 0 Å². The number of hydrogen-bond acceptors (Lipinski definition) is 2. The van der Waals surface area contributed by atoms with Crippen molar-refractivity contribution in [3.8, 4) is 0 Å². The van der Waals surface area contributed by atoms with Crippen LogP contribution in [0.2, 0.25) is 0 Å². The Labute approximate surface area is 121 Å². The molecular weight excluding hydrogens is 255 g/mol. The van der Waals surface area contributed by atoms with Crippen LogP contribution >= 0.6 is 0 Å². The fraction of sp³-hybridized carbons (Fsp3) is 0.562. The quantitative estimate of drug-likeness (QED) is 0.870. The fourth-order valence-electron chi connectivity index (χ4n) is 2.44. The molecular formula is C16H25FN2O. The lowest BCUT2D eigenvalue weighted by atomic mass is 9.80. The summed E-state index contributed by atoms with van der Waals surface area (Å²) in [7, 11) is 1.78. The Morgan fingerprint density at radius 1 is 1.30 bits per heavy atom. The van der Waals surface area contributed by atoms with E-state index < -0.39 is 5.41 Å². The van der Waals surface area contributed by atoms with E-state index in [-0.39, 0.29) is 17.8 Å². The molecule has 0 saturated heterocycles. The number of benzene rings is 1. The summed E-state index contributed by atoms with van der Waals surface area (Å²) in [6.45, 7) is 6.27. The summed E-state index contributed by atoms with van der Waals surface area (Å²) in [5.74, 6) is -0.213. The number of amides is 1. The van der Waals surface area contributed by atoms with E-state index in [4.69, 9.17) is 5.73 Å². The molecule has 3 nitrogen and oxygen atoms in total. The Bertz CT molecular complexity index is 432. The van der Waals surface area contributed by atoms with E-state index >= 15 is 0 Å². The third kappa shape index (κ3) is 3.18. The van der Waals surface area contributed by atoms with E-state index in [0.717, 1.165) is 18.4 Å². The van der Waals surface area contributed by atoms with Gasteiger partial charge in [-0.25, -0.2) is 4.39 Å². The van der Waals surface area contributed by atoms with Gasteiger partial charge in [0, 0.05) is 13.6 Å². The lowest BCUT2D eigenvalue weighted by molar-refractivity contribution is -0.142. The molecule has 0 aliphatic rings.